The quantitative estimate of drug-likeness (QED) is 0.167. The Labute approximate surface area is 276 Å². The van der Waals surface area contributed by atoms with E-state index in [-0.39, 0.29) is 38.1 Å². The Morgan fingerprint density at radius 2 is 1.43 bits per heavy atom. The zero-order valence-corrected chi connectivity index (χ0v) is 25.9. The van der Waals surface area contributed by atoms with E-state index in [2.05, 4.69) is 18.0 Å². The molecular formula is C38H42N4O5. The third kappa shape index (κ3) is 6.18. The molecule has 9 heteroatoms. The van der Waals surface area contributed by atoms with Crippen LogP contribution in [-0.2, 0) is 17.6 Å². The zero-order chi connectivity index (χ0) is 32.0. The Hall–Kier alpha value is -5.15. The molecule has 0 aromatic heterocycles. The summed E-state index contributed by atoms with van der Waals surface area (Å²) in [7, 11) is 1.53. The maximum atomic E-state index is 13.1. The van der Waals surface area contributed by atoms with Gasteiger partial charge in [0.15, 0.2) is 0 Å². The van der Waals surface area contributed by atoms with E-state index in [9.17, 15) is 19.7 Å². The first-order valence-electron chi connectivity index (χ1n) is 14.9. The number of ether oxygens (including phenoxy) is 1. The molecule has 0 saturated carbocycles. The minimum Gasteiger partial charge on any atom is -0.361 e. The van der Waals surface area contributed by atoms with Crippen LogP contribution in [0.25, 0.3) is 0 Å². The number of methoxy groups -OCH3 is 1. The topological polar surface area (TPSA) is 105 Å². The van der Waals surface area contributed by atoms with Crippen LogP contribution in [-0.4, -0.2) is 42.3 Å². The number of nitrogens with zero attached hydrogens (tertiary/aromatic N) is 4. The van der Waals surface area contributed by atoms with Crippen LogP contribution in [0.5, 0.6) is 0 Å². The van der Waals surface area contributed by atoms with Gasteiger partial charge in [0.25, 0.3) is 17.5 Å². The summed E-state index contributed by atoms with van der Waals surface area (Å²) in [5.74, 6) is -0.359. The number of hydrogen-bond acceptors (Lipinski definition) is 6. The van der Waals surface area contributed by atoms with E-state index in [0.717, 1.165) is 45.7 Å². The second kappa shape index (κ2) is 13.7. The summed E-state index contributed by atoms with van der Waals surface area (Å²) in [4.78, 5) is 45.0. The maximum absolute atomic E-state index is 13.1. The molecule has 4 aromatic rings. The molecule has 0 aliphatic carbocycles. The third-order valence-electron chi connectivity index (χ3n) is 8.92. The number of hydrogen-bond donors (Lipinski definition) is 0. The standard InChI is InChI=1S/C18H18N2O4.C18H16N2O.2CH4/c1-11-8-14(16(20(22)23)9-12(11)2)18(21)19-15-7-5-4-6-13(15)10-17(19)24-3;1-11-7-15-16(8-12(11)2)19-10-14-9-13-5-3-4-6-17(13)20(14)18(15)21;;/h4-9,17H,10H2,1-3H3;3-8,10,14H,9H2,1-2H3;2*1H4/t17-;14-;;/m10../s1. The predicted octanol–water partition coefficient (Wildman–Crippen LogP) is 8.25. The summed E-state index contributed by atoms with van der Waals surface area (Å²) in [5, 5.41) is 11.4. The van der Waals surface area contributed by atoms with Crippen LogP contribution in [0, 0.1) is 37.8 Å². The lowest BCUT2D eigenvalue weighted by atomic mass is 10.0. The Morgan fingerprint density at radius 1 is 0.851 bits per heavy atom. The zero-order valence-electron chi connectivity index (χ0n) is 25.9. The summed E-state index contributed by atoms with van der Waals surface area (Å²) in [6.07, 6.45) is 2.86. The summed E-state index contributed by atoms with van der Waals surface area (Å²) in [6, 6.07) is 22.7. The van der Waals surface area contributed by atoms with Crippen molar-refractivity contribution in [2.45, 2.75) is 67.7 Å². The van der Waals surface area contributed by atoms with Crippen molar-refractivity contribution in [3.63, 3.8) is 0 Å². The molecule has 0 N–H and O–H groups in total. The fourth-order valence-electron chi connectivity index (χ4n) is 6.20. The van der Waals surface area contributed by atoms with Crippen molar-refractivity contribution >= 4 is 40.8 Å². The molecule has 9 nitrogen and oxygen atoms in total. The van der Waals surface area contributed by atoms with Crippen LogP contribution >= 0.6 is 0 Å². The van der Waals surface area contributed by atoms with Gasteiger partial charge in [0.1, 0.15) is 11.8 Å². The van der Waals surface area contributed by atoms with E-state index in [0.29, 0.717) is 12.0 Å². The average molecular weight is 635 g/mol. The van der Waals surface area contributed by atoms with Gasteiger partial charge < -0.3 is 4.74 Å². The van der Waals surface area contributed by atoms with Crippen molar-refractivity contribution in [3.05, 3.63) is 127 Å². The molecule has 0 unspecified atom stereocenters. The van der Waals surface area contributed by atoms with Crippen molar-refractivity contribution in [2.75, 3.05) is 16.9 Å². The van der Waals surface area contributed by atoms with Gasteiger partial charge in [-0.15, -0.1) is 0 Å². The van der Waals surface area contributed by atoms with E-state index in [1.807, 2.05) is 79.6 Å². The van der Waals surface area contributed by atoms with Gasteiger partial charge in [-0.05, 0) is 91.4 Å². The van der Waals surface area contributed by atoms with Crippen LogP contribution in [0.2, 0.25) is 0 Å². The normalized spacial score (nSPS) is 16.7. The molecule has 244 valence electrons. The monoisotopic (exact) mass is 634 g/mol. The number of rotatable bonds is 3. The maximum Gasteiger partial charge on any atom is 0.282 e. The number of para-hydroxylation sites is 2. The van der Waals surface area contributed by atoms with E-state index >= 15 is 0 Å². The highest BCUT2D eigenvalue weighted by atomic mass is 16.6. The molecule has 0 radical (unpaired) electrons. The van der Waals surface area contributed by atoms with Gasteiger partial charge >= 0.3 is 0 Å². The van der Waals surface area contributed by atoms with E-state index < -0.39 is 17.1 Å². The summed E-state index contributed by atoms with van der Waals surface area (Å²) in [5.41, 5.74) is 9.27. The number of carbonyl (C=O) groups is 2. The number of nitro groups is 1. The van der Waals surface area contributed by atoms with E-state index in [1.54, 1.807) is 13.0 Å². The molecule has 47 heavy (non-hydrogen) atoms. The van der Waals surface area contributed by atoms with E-state index in [1.165, 1.54) is 29.2 Å². The molecule has 0 fully saturated rings. The molecule has 4 aromatic carbocycles. The van der Waals surface area contributed by atoms with Crippen molar-refractivity contribution in [1.82, 2.24) is 0 Å². The molecular weight excluding hydrogens is 592 g/mol. The lowest BCUT2D eigenvalue weighted by Gasteiger charge is -2.24. The van der Waals surface area contributed by atoms with Gasteiger partial charge in [0, 0.05) is 37.9 Å². The minimum absolute atomic E-state index is 0. The Kier molecular flexibility index (Phi) is 10.1. The largest absolute Gasteiger partial charge is 0.361 e. The predicted molar refractivity (Wildman–Crippen MR) is 189 cm³/mol. The van der Waals surface area contributed by atoms with Crippen LogP contribution in [0.4, 0.5) is 22.7 Å². The van der Waals surface area contributed by atoms with Gasteiger partial charge in [-0.3, -0.25) is 34.5 Å². The minimum atomic E-state index is -0.510. The van der Waals surface area contributed by atoms with Gasteiger partial charge in [0.2, 0.25) is 0 Å². The average Bonchev–Trinajstić information content (AvgIpc) is 3.56. The van der Waals surface area contributed by atoms with Crippen LogP contribution < -0.4 is 9.80 Å². The smallest absolute Gasteiger partial charge is 0.282 e. The third-order valence-corrected chi connectivity index (χ3v) is 8.92. The number of aryl methyl sites for hydroxylation is 4. The molecule has 7 rings (SSSR count). The molecule has 0 spiro atoms. The van der Waals surface area contributed by atoms with Crippen LogP contribution in [0.3, 0.4) is 0 Å². The number of nitro benzene ring substituents is 1. The first-order valence-corrected chi connectivity index (χ1v) is 14.9. The number of amides is 2. The summed E-state index contributed by atoms with van der Waals surface area (Å²) < 4.78 is 5.44. The fraction of sp³-hybridized carbons (Fsp3) is 0.289. The van der Waals surface area contributed by atoms with E-state index in [4.69, 9.17) is 4.74 Å². The van der Waals surface area contributed by atoms with Crippen LogP contribution in [0.15, 0.2) is 77.8 Å². The summed E-state index contributed by atoms with van der Waals surface area (Å²) in [6.45, 7) is 7.71. The summed E-state index contributed by atoms with van der Waals surface area (Å²) >= 11 is 0. The number of benzene rings is 4. The van der Waals surface area contributed by atoms with Crippen molar-refractivity contribution in [1.29, 1.82) is 0 Å². The number of anilines is 2. The SMILES string of the molecule is C.C.CO[C@@H]1Cc2ccccc2N1C(=O)c1cc(C)c(C)cc1[N+](=O)[O-].Cc1cc2c(cc1C)C(=O)N1c3ccccc3C[C@H]1C=N2. The molecule has 3 heterocycles. The first kappa shape index (κ1) is 34.7. The van der Waals surface area contributed by atoms with Crippen molar-refractivity contribution in [2.24, 2.45) is 4.99 Å². The molecule has 2 amide bonds. The highest BCUT2D eigenvalue weighted by molar-refractivity contribution is 6.14. The molecule has 2 atom stereocenters. The molecule has 3 aliphatic rings. The van der Waals surface area contributed by atoms with Gasteiger partial charge in [-0.25, -0.2) is 0 Å². The molecule has 0 saturated heterocycles. The molecule has 0 bridgehead atoms. The number of fused-ring (bicyclic) bond motifs is 5. The molecule has 3 aliphatic heterocycles. The second-order valence-corrected chi connectivity index (χ2v) is 11.7. The van der Waals surface area contributed by atoms with Gasteiger partial charge in [0.05, 0.1) is 27.9 Å². The lowest BCUT2D eigenvalue weighted by molar-refractivity contribution is -0.385. The Bertz CT molecular complexity index is 1900. The lowest BCUT2D eigenvalue weighted by Crippen LogP contribution is -2.39. The van der Waals surface area contributed by atoms with Crippen molar-refractivity contribution in [3.8, 4) is 0 Å². The number of carbonyl (C=O) groups excluding carboxylic acids is 2. The second-order valence-electron chi connectivity index (χ2n) is 11.7. The van der Waals surface area contributed by atoms with Crippen molar-refractivity contribution < 1.29 is 19.2 Å². The Morgan fingerprint density at radius 3 is 2.09 bits per heavy atom. The highest BCUT2D eigenvalue weighted by Crippen LogP contribution is 2.38. The fourth-order valence-corrected chi connectivity index (χ4v) is 6.20. The Balaban J connectivity index is 0.000000205. The number of aliphatic imine (C=N–C) groups is 1. The van der Waals surface area contributed by atoms with Crippen LogP contribution in [0.1, 0.15) is 68.9 Å². The highest BCUT2D eigenvalue weighted by Gasteiger charge is 2.38. The van der Waals surface area contributed by atoms with Gasteiger partial charge in [-0.1, -0.05) is 51.3 Å². The first-order chi connectivity index (χ1) is 21.6. The van der Waals surface area contributed by atoms with Gasteiger partial charge in [-0.2, -0.15) is 0 Å².